The summed E-state index contributed by atoms with van der Waals surface area (Å²) in [4.78, 5) is 22.6. The Labute approximate surface area is 103 Å². The van der Waals surface area contributed by atoms with Gasteiger partial charge < -0.3 is 9.47 Å². The van der Waals surface area contributed by atoms with E-state index in [2.05, 4.69) is 5.18 Å². The van der Waals surface area contributed by atoms with Gasteiger partial charge in [-0.3, -0.25) is 4.79 Å². The number of rotatable bonds is 3. The highest BCUT2D eigenvalue weighted by atomic mass is 16.8. The van der Waals surface area contributed by atoms with Gasteiger partial charge in [0.2, 0.25) is 0 Å². The molecule has 2 rings (SSSR count). The molecule has 0 spiro atoms. The van der Waals surface area contributed by atoms with Crippen molar-refractivity contribution < 1.29 is 14.3 Å². The second kappa shape index (κ2) is 4.04. The molecule has 0 saturated heterocycles. The first-order valence-electron chi connectivity index (χ1n) is 5.35. The lowest BCUT2D eigenvalue weighted by Gasteiger charge is -2.14. The number of hydrogen-bond acceptors (Lipinski definition) is 7. The van der Waals surface area contributed by atoms with Crippen molar-refractivity contribution in [1.29, 1.82) is 0 Å². The number of nitrogens with zero attached hydrogens (tertiary/aromatic N) is 1. The first-order valence-corrected chi connectivity index (χ1v) is 5.35. The number of hydrogen-bond donors (Lipinski definition) is 2. The molecule has 1 aliphatic heterocycles. The third-order valence-corrected chi connectivity index (χ3v) is 2.47. The lowest BCUT2D eigenvalue weighted by molar-refractivity contribution is -0.0669. The molecule has 0 radical (unpaired) electrons. The van der Waals surface area contributed by atoms with Crippen LogP contribution in [0.4, 0.5) is 5.69 Å². The standard InChI is InChI=1S/C11H13N3O4/c1-5(2)9(15)6-3-7(14-16)10-8(4-6)17-11(12,13)18-10/h3-5H,12-13H2,1-2H3. The number of carbonyl (C=O) groups excluding carboxylic acids is 1. The molecule has 18 heavy (non-hydrogen) atoms. The predicted octanol–water partition coefficient (Wildman–Crippen LogP) is 1.22. The number of benzene rings is 1. The second-order valence-corrected chi connectivity index (χ2v) is 4.36. The van der Waals surface area contributed by atoms with E-state index in [1.165, 1.54) is 12.1 Å². The Morgan fingerprint density at radius 2 is 2.00 bits per heavy atom. The van der Waals surface area contributed by atoms with E-state index >= 15 is 0 Å². The summed E-state index contributed by atoms with van der Waals surface area (Å²) in [6.45, 7) is 3.49. The van der Waals surface area contributed by atoms with Crippen LogP contribution in [0.2, 0.25) is 0 Å². The molecule has 1 aromatic rings. The smallest absolute Gasteiger partial charge is 0.376 e. The Hall–Kier alpha value is -1.99. The highest BCUT2D eigenvalue weighted by Crippen LogP contribution is 2.44. The SMILES string of the molecule is CC(C)C(=O)c1cc(N=O)c2c(c1)OC(N)(N)O2. The molecule has 0 fully saturated rings. The molecule has 0 bridgehead atoms. The van der Waals surface area contributed by atoms with Crippen LogP contribution >= 0.6 is 0 Å². The first kappa shape index (κ1) is 12.5. The summed E-state index contributed by atoms with van der Waals surface area (Å²) in [5.41, 5.74) is 11.1. The van der Waals surface area contributed by atoms with Gasteiger partial charge in [-0.05, 0) is 17.3 Å². The van der Waals surface area contributed by atoms with Crippen molar-refractivity contribution in [2.75, 3.05) is 0 Å². The van der Waals surface area contributed by atoms with Gasteiger partial charge in [0.1, 0.15) is 0 Å². The minimum atomic E-state index is -1.85. The summed E-state index contributed by atoms with van der Waals surface area (Å²) >= 11 is 0. The van der Waals surface area contributed by atoms with Crippen molar-refractivity contribution in [3.63, 3.8) is 0 Å². The number of ether oxygens (including phenoxy) is 2. The number of nitroso groups, excluding NO2 is 1. The van der Waals surface area contributed by atoms with E-state index < -0.39 is 6.03 Å². The molecular formula is C11H13N3O4. The van der Waals surface area contributed by atoms with Crippen LogP contribution in [0.15, 0.2) is 17.3 Å². The molecule has 0 atom stereocenters. The van der Waals surface area contributed by atoms with Crippen molar-refractivity contribution in [2.24, 2.45) is 22.6 Å². The third-order valence-electron chi connectivity index (χ3n) is 2.47. The average molecular weight is 251 g/mol. The van der Waals surface area contributed by atoms with Gasteiger partial charge in [0.05, 0.1) is 0 Å². The Morgan fingerprint density at radius 3 is 2.56 bits per heavy atom. The zero-order valence-electron chi connectivity index (χ0n) is 9.97. The van der Waals surface area contributed by atoms with Crippen LogP contribution in [0.5, 0.6) is 11.5 Å². The Balaban J connectivity index is 2.51. The third kappa shape index (κ3) is 2.05. The quantitative estimate of drug-likeness (QED) is 0.474. The van der Waals surface area contributed by atoms with Crippen molar-refractivity contribution in [3.05, 3.63) is 22.6 Å². The molecular weight excluding hydrogens is 238 g/mol. The van der Waals surface area contributed by atoms with Gasteiger partial charge in [0.15, 0.2) is 23.0 Å². The van der Waals surface area contributed by atoms with E-state index in [-0.39, 0.29) is 28.9 Å². The minimum absolute atomic E-state index is 0.0512. The summed E-state index contributed by atoms with van der Waals surface area (Å²) in [5.74, 6) is -0.167. The molecule has 0 unspecified atom stereocenters. The van der Waals surface area contributed by atoms with E-state index in [1.54, 1.807) is 13.8 Å². The first-order chi connectivity index (χ1) is 8.34. The average Bonchev–Trinajstić information content (AvgIpc) is 2.60. The van der Waals surface area contributed by atoms with Crippen molar-refractivity contribution in [3.8, 4) is 11.5 Å². The summed E-state index contributed by atoms with van der Waals surface area (Å²) in [7, 11) is 0. The predicted molar refractivity (Wildman–Crippen MR) is 63.4 cm³/mol. The van der Waals surface area contributed by atoms with Crippen LogP contribution in [0.25, 0.3) is 0 Å². The second-order valence-electron chi connectivity index (χ2n) is 4.36. The molecule has 1 aliphatic rings. The Kier molecular flexibility index (Phi) is 2.80. The Morgan fingerprint density at radius 1 is 1.33 bits per heavy atom. The number of nitrogens with two attached hydrogens (primary N) is 2. The molecule has 7 heteroatoms. The van der Waals surface area contributed by atoms with Crippen molar-refractivity contribution in [2.45, 2.75) is 19.9 Å². The molecule has 0 saturated carbocycles. The largest absolute Gasteiger partial charge is 0.423 e. The molecule has 7 nitrogen and oxygen atoms in total. The lowest BCUT2D eigenvalue weighted by Crippen LogP contribution is -2.56. The van der Waals surface area contributed by atoms with Crippen LogP contribution in [0.1, 0.15) is 24.2 Å². The van der Waals surface area contributed by atoms with Gasteiger partial charge in [0, 0.05) is 11.5 Å². The number of ketones is 1. The van der Waals surface area contributed by atoms with Gasteiger partial charge in [0.25, 0.3) is 0 Å². The molecule has 1 aromatic carbocycles. The normalized spacial score (nSPS) is 15.8. The highest BCUT2D eigenvalue weighted by Gasteiger charge is 2.37. The summed E-state index contributed by atoms with van der Waals surface area (Å²) < 4.78 is 10.1. The van der Waals surface area contributed by atoms with Gasteiger partial charge >= 0.3 is 6.03 Å². The number of carbonyl (C=O) groups is 1. The maximum absolute atomic E-state index is 11.9. The van der Waals surface area contributed by atoms with Gasteiger partial charge in [-0.1, -0.05) is 13.8 Å². The molecule has 0 amide bonds. The van der Waals surface area contributed by atoms with Crippen LogP contribution in [-0.4, -0.2) is 11.8 Å². The number of Topliss-reactive ketones (excluding diaryl/α,β-unsaturated/α-hetero) is 1. The monoisotopic (exact) mass is 251 g/mol. The van der Waals surface area contributed by atoms with Crippen molar-refractivity contribution in [1.82, 2.24) is 0 Å². The highest BCUT2D eigenvalue weighted by molar-refractivity contribution is 5.99. The van der Waals surface area contributed by atoms with E-state index in [9.17, 15) is 9.70 Å². The Bertz CT molecular complexity index is 525. The zero-order chi connectivity index (χ0) is 13.5. The maximum atomic E-state index is 11.9. The fourth-order valence-corrected chi connectivity index (χ4v) is 1.66. The van der Waals surface area contributed by atoms with Crippen LogP contribution in [-0.2, 0) is 0 Å². The molecule has 96 valence electrons. The fraction of sp³-hybridized carbons (Fsp3) is 0.364. The molecule has 1 heterocycles. The molecule has 0 aromatic heterocycles. The summed E-state index contributed by atoms with van der Waals surface area (Å²) in [6, 6.07) is 0.925. The summed E-state index contributed by atoms with van der Waals surface area (Å²) in [5, 5.41) is 2.79. The van der Waals surface area contributed by atoms with E-state index in [4.69, 9.17) is 20.9 Å². The minimum Gasteiger partial charge on any atom is -0.423 e. The maximum Gasteiger partial charge on any atom is 0.376 e. The number of fused-ring (bicyclic) bond motifs is 1. The van der Waals surface area contributed by atoms with Crippen molar-refractivity contribution >= 4 is 11.5 Å². The van der Waals surface area contributed by atoms with E-state index in [0.29, 0.717) is 5.56 Å². The van der Waals surface area contributed by atoms with E-state index in [0.717, 1.165) is 0 Å². The van der Waals surface area contributed by atoms with Crippen LogP contribution < -0.4 is 20.9 Å². The zero-order valence-corrected chi connectivity index (χ0v) is 9.97. The van der Waals surface area contributed by atoms with Gasteiger partial charge in [-0.25, -0.2) is 11.5 Å². The topological polar surface area (TPSA) is 117 Å². The summed E-state index contributed by atoms with van der Waals surface area (Å²) in [6.07, 6.45) is 0. The molecule has 0 aliphatic carbocycles. The van der Waals surface area contributed by atoms with Crippen LogP contribution in [0, 0.1) is 10.8 Å². The van der Waals surface area contributed by atoms with E-state index in [1.807, 2.05) is 0 Å². The molecule has 4 N–H and O–H groups in total. The van der Waals surface area contributed by atoms with Crippen LogP contribution in [0.3, 0.4) is 0 Å². The fourth-order valence-electron chi connectivity index (χ4n) is 1.66. The lowest BCUT2D eigenvalue weighted by atomic mass is 10.00. The van der Waals surface area contributed by atoms with Gasteiger partial charge in [-0.2, -0.15) is 0 Å². The van der Waals surface area contributed by atoms with Gasteiger partial charge in [-0.15, -0.1) is 4.91 Å².